The first kappa shape index (κ1) is 12.2. The van der Waals surface area contributed by atoms with E-state index in [1.54, 1.807) is 12.3 Å². The summed E-state index contributed by atoms with van der Waals surface area (Å²) >= 11 is 3.38. The maximum Gasteiger partial charge on any atom is 0.125 e. The molecule has 4 heteroatoms. The molecule has 1 unspecified atom stereocenters. The van der Waals surface area contributed by atoms with Crippen LogP contribution in [0.2, 0.25) is 0 Å². The van der Waals surface area contributed by atoms with Crippen LogP contribution < -0.4 is 0 Å². The number of halogens is 1. The van der Waals surface area contributed by atoms with E-state index in [1.165, 1.54) is 0 Å². The molecular weight excluding hydrogens is 280 g/mol. The zero-order chi connectivity index (χ0) is 12.3. The first-order chi connectivity index (χ1) is 8.15. The number of aliphatic hydroxyl groups is 1. The molecule has 3 nitrogen and oxygen atoms in total. The number of aliphatic hydroxyl groups excluding tert-OH is 1. The van der Waals surface area contributed by atoms with Crippen LogP contribution in [0, 0.1) is 6.92 Å². The first-order valence-electron chi connectivity index (χ1n) is 5.37. The quantitative estimate of drug-likeness (QED) is 0.946. The highest BCUT2D eigenvalue weighted by Crippen LogP contribution is 2.18. The van der Waals surface area contributed by atoms with Gasteiger partial charge in [-0.1, -0.05) is 28.1 Å². The predicted octanol–water partition coefficient (Wildman–Crippen LogP) is 2.82. The Balaban J connectivity index is 2.11. The van der Waals surface area contributed by atoms with Crippen LogP contribution in [0.25, 0.3) is 0 Å². The van der Waals surface area contributed by atoms with Crippen molar-refractivity contribution < 1.29 is 5.11 Å². The molecule has 0 saturated heterocycles. The Labute approximate surface area is 109 Å². The molecule has 0 spiro atoms. The van der Waals surface area contributed by atoms with Crippen molar-refractivity contribution in [3.8, 4) is 0 Å². The zero-order valence-electron chi connectivity index (χ0n) is 9.47. The lowest BCUT2D eigenvalue weighted by atomic mass is 10.1. The third kappa shape index (κ3) is 3.35. The normalized spacial score (nSPS) is 12.4. The van der Waals surface area contributed by atoms with Gasteiger partial charge >= 0.3 is 0 Å². The molecule has 0 aliphatic heterocycles. The molecule has 0 bridgehead atoms. The predicted molar refractivity (Wildman–Crippen MR) is 69.6 cm³/mol. The van der Waals surface area contributed by atoms with E-state index in [1.807, 2.05) is 31.2 Å². The van der Waals surface area contributed by atoms with Crippen molar-refractivity contribution in [3.63, 3.8) is 0 Å². The molecule has 2 rings (SSSR count). The van der Waals surface area contributed by atoms with Crippen molar-refractivity contribution >= 4 is 15.9 Å². The van der Waals surface area contributed by atoms with Crippen LogP contribution >= 0.6 is 15.9 Å². The van der Waals surface area contributed by atoms with E-state index in [0.717, 1.165) is 10.0 Å². The fourth-order valence-corrected chi connectivity index (χ4v) is 1.87. The minimum atomic E-state index is -0.585. The number of hydrogen-bond acceptors (Lipinski definition) is 3. The van der Waals surface area contributed by atoms with Gasteiger partial charge in [-0.2, -0.15) is 0 Å². The minimum Gasteiger partial charge on any atom is -0.386 e. The molecule has 88 valence electrons. The Bertz CT molecular complexity index is 499. The largest absolute Gasteiger partial charge is 0.386 e. The highest BCUT2D eigenvalue weighted by Gasteiger charge is 2.10. The summed E-state index contributed by atoms with van der Waals surface area (Å²) < 4.78 is 1.04. The Kier molecular flexibility index (Phi) is 3.86. The van der Waals surface area contributed by atoms with Gasteiger partial charge in [0, 0.05) is 17.1 Å². The smallest absolute Gasteiger partial charge is 0.125 e. The van der Waals surface area contributed by atoms with Crippen molar-refractivity contribution in [1.29, 1.82) is 0 Å². The van der Waals surface area contributed by atoms with Crippen molar-refractivity contribution in [2.45, 2.75) is 19.4 Å². The van der Waals surface area contributed by atoms with E-state index in [4.69, 9.17) is 0 Å². The van der Waals surface area contributed by atoms with Gasteiger partial charge in [-0.15, -0.1) is 0 Å². The monoisotopic (exact) mass is 292 g/mol. The van der Waals surface area contributed by atoms with Crippen LogP contribution in [0.5, 0.6) is 0 Å². The summed E-state index contributed by atoms with van der Waals surface area (Å²) in [7, 11) is 0. The maximum atomic E-state index is 10.1. The number of aryl methyl sites for hydroxylation is 1. The van der Waals surface area contributed by atoms with Gasteiger partial charge in [0.1, 0.15) is 11.9 Å². The minimum absolute atomic E-state index is 0.559. The van der Waals surface area contributed by atoms with Crippen LogP contribution in [-0.2, 0) is 6.42 Å². The molecule has 1 heterocycles. The number of aromatic nitrogens is 2. The molecule has 0 saturated carbocycles. The lowest BCUT2D eigenvalue weighted by molar-refractivity contribution is 0.173. The zero-order valence-corrected chi connectivity index (χ0v) is 11.1. The standard InChI is InChI=1S/C13H13BrN2O/c1-9-15-7-6-12(16-9)13(17)8-10-2-4-11(14)5-3-10/h2-7,13,17H,8H2,1H3. The molecular formula is C13H13BrN2O. The van der Waals surface area contributed by atoms with Crippen LogP contribution in [0.4, 0.5) is 0 Å². The summed E-state index contributed by atoms with van der Waals surface area (Å²) in [5, 5.41) is 10.1. The van der Waals surface area contributed by atoms with Gasteiger partial charge in [0.25, 0.3) is 0 Å². The summed E-state index contributed by atoms with van der Waals surface area (Å²) in [5.41, 5.74) is 1.75. The molecule has 0 radical (unpaired) electrons. The fraction of sp³-hybridized carbons (Fsp3) is 0.231. The second kappa shape index (κ2) is 5.38. The first-order valence-corrected chi connectivity index (χ1v) is 6.16. The molecule has 1 aromatic heterocycles. The number of nitrogens with zero attached hydrogens (tertiary/aromatic N) is 2. The number of rotatable bonds is 3. The van der Waals surface area contributed by atoms with Crippen LogP contribution in [0.15, 0.2) is 41.0 Å². The van der Waals surface area contributed by atoms with Crippen LogP contribution in [-0.4, -0.2) is 15.1 Å². The molecule has 1 atom stereocenters. The van der Waals surface area contributed by atoms with E-state index < -0.39 is 6.10 Å². The van der Waals surface area contributed by atoms with E-state index in [2.05, 4.69) is 25.9 Å². The Hall–Kier alpha value is -1.26. The SMILES string of the molecule is Cc1nccc(C(O)Cc2ccc(Br)cc2)n1. The van der Waals surface area contributed by atoms with Crippen molar-refractivity contribution in [2.75, 3.05) is 0 Å². The van der Waals surface area contributed by atoms with Gasteiger partial charge in [0.2, 0.25) is 0 Å². The molecule has 1 aromatic carbocycles. The third-order valence-electron chi connectivity index (χ3n) is 2.48. The second-order valence-electron chi connectivity index (χ2n) is 3.88. The molecule has 1 N–H and O–H groups in total. The third-order valence-corrected chi connectivity index (χ3v) is 3.01. The highest BCUT2D eigenvalue weighted by atomic mass is 79.9. The van der Waals surface area contributed by atoms with Gasteiger partial charge in [-0.05, 0) is 30.7 Å². The average molecular weight is 293 g/mol. The van der Waals surface area contributed by atoms with Gasteiger partial charge in [0.05, 0.1) is 5.69 Å². The molecule has 0 fully saturated rings. The Morgan fingerprint density at radius 1 is 1.24 bits per heavy atom. The summed E-state index contributed by atoms with van der Waals surface area (Å²) in [6, 6.07) is 9.65. The molecule has 2 aromatic rings. The van der Waals surface area contributed by atoms with E-state index in [0.29, 0.717) is 17.9 Å². The Morgan fingerprint density at radius 2 is 1.94 bits per heavy atom. The van der Waals surface area contributed by atoms with Crippen molar-refractivity contribution in [1.82, 2.24) is 9.97 Å². The van der Waals surface area contributed by atoms with E-state index in [9.17, 15) is 5.11 Å². The molecule has 0 amide bonds. The second-order valence-corrected chi connectivity index (χ2v) is 4.79. The van der Waals surface area contributed by atoms with Gasteiger partial charge in [-0.25, -0.2) is 9.97 Å². The highest BCUT2D eigenvalue weighted by molar-refractivity contribution is 9.10. The van der Waals surface area contributed by atoms with Crippen molar-refractivity contribution in [3.05, 3.63) is 58.1 Å². The molecule has 17 heavy (non-hydrogen) atoms. The topological polar surface area (TPSA) is 46.0 Å². The number of hydrogen-bond donors (Lipinski definition) is 1. The van der Waals surface area contributed by atoms with Gasteiger partial charge in [-0.3, -0.25) is 0 Å². The van der Waals surface area contributed by atoms with Gasteiger partial charge < -0.3 is 5.11 Å². The molecule has 0 aliphatic rings. The van der Waals surface area contributed by atoms with Gasteiger partial charge in [0.15, 0.2) is 0 Å². The summed E-state index contributed by atoms with van der Waals surface area (Å²) in [6.45, 7) is 1.82. The lowest BCUT2D eigenvalue weighted by Gasteiger charge is -2.10. The van der Waals surface area contributed by atoms with Crippen molar-refractivity contribution in [2.24, 2.45) is 0 Å². The summed E-state index contributed by atoms with van der Waals surface area (Å²) in [6.07, 6.45) is 1.64. The summed E-state index contributed by atoms with van der Waals surface area (Å²) in [4.78, 5) is 8.23. The lowest BCUT2D eigenvalue weighted by Crippen LogP contribution is -2.05. The van der Waals surface area contributed by atoms with E-state index >= 15 is 0 Å². The van der Waals surface area contributed by atoms with Crippen LogP contribution in [0.1, 0.15) is 23.2 Å². The van der Waals surface area contributed by atoms with Crippen LogP contribution in [0.3, 0.4) is 0 Å². The average Bonchev–Trinajstić information content (AvgIpc) is 2.32. The maximum absolute atomic E-state index is 10.1. The van der Waals surface area contributed by atoms with E-state index in [-0.39, 0.29) is 0 Å². The number of benzene rings is 1. The fourth-order valence-electron chi connectivity index (χ4n) is 1.61. The molecule has 0 aliphatic carbocycles. The summed E-state index contributed by atoms with van der Waals surface area (Å²) in [5.74, 6) is 0.678. The Morgan fingerprint density at radius 3 is 2.59 bits per heavy atom.